The third-order valence-corrected chi connectivity index (χ3v) is 7.39. The first-order valence-electron chi connectivity index (χ1n) is 10.4. The van der Waals surface area contributed by atoms with Gasteiger partial charge in [0.1, 0.15) is 5.03 Å². The molecule has 0 bridgehead atoms. The van der Waals surface area contributed by atoms with Crippen LogP contribution in [-0.2, 0) is 17.6 Å². The molecule has 0 spiro atoms. The number of nitrogens with one attached hydrogen (secondary N) is 1. The predicted molar refractivity (Wildman–Crippen MR) is 126 cm³/mol. The SMILES string of the molecule is CN1CCN(n2c3c(c(SCC(=O)Nc4ccc(Cl)c(Cl)c4)nc2=O)CCCC3)CC1. The van der Waals surface area contributed by atoms with Gasteiger partial charge < -0.3 is 15.2 Å². The monoisotopic (exact) mass is 481 g/mol. The van der Waals surface area contributed by atoms with Crippen molar-refractivity contribution in [2.75, 3.05) is 49.3 Å². The van der Waals surface area contributed by atoms with Gasteiger partial charge in [0.15, 0.2) is 0 Å². The fourth-order valence-electron chi connectivity index (χ4n) is 3.98. The third kappa shape index (κ3) is 5.19. The molecule has 31 heavy (non-hydrogen) atoms. The molecule has 4 rings (SSSR count). The predicted octanol–water partition coefficient (Wildman–Crippen LogP) is 3.04. The minimum atomic E-state index is -0.252. The maximum atomic E-state index is 13.0. The van der Waals surface area contributed by atoms with Crippen molar-refractivity contribution in [2.24, 2.45) is 0 Å². The number of aromatic nitrogens is 2. The van der Waals surface area contributed by atoms with Gasteiger partial charge in [-0.3, -0.25) is 4.79 Å². The van der Waals surface area contributed by atoms with Gasteiger partial charge in [0.05, 0.1) is 21.5 Å². The quantitative estimate of drug-likeness (QED) is 0.522. The Kier molecular flexibility index (Phi) is 7.11. The number of nitrogens with zero attached hydrogens (tertiary/aromatic N) is 4. The van der Waals surface area contributed by atoms with E-state index < -0.39 is 0 Å². The van der Waals surface area contributed by atoms with Crippen molar-refractivity contribution in [3.63, 3.8) is 0 Å². The Bertz CT molecular complexity index is 1040. The van der Waals surface area contributed by atoms with Crippen molar-refractivity contribution >= 4 is 46.6 Å². The molecule has 0 unspecified atom stereocenters. The van der Waals surface area contributed by atoms with E-state index in [9.17, 15) is 9.59 Å². The van der Waals surface area contributed by atoms with Crippen LogP contribution in [0.1, 0.15) is 24.1 Å². The van der Waals surface area contributed by atoms with E-state index in [1.807, 2.05) is 0 Å². The van der Waals surface area contributed by atoms with Crippen LogP contribution in [0.2, 0.25) is 10.0 Å². The summed E-state index contributed by atoms with van der Waals surface area (Å²) in [6, 6.07) is 4.96. The van der Waals surface area contributed by atoms with E-state index in [0.717, 1.165) is 63.1 Å². The molecule has 1 N–H and O–H groups in total. The highest BCUT2D eigenvalue weighted by molar-refractivity contribution is 8.00. The van der Waals surface area contributed by atoms with Gasteiger partial charge in [-0.1, -0.05) is 35.0 Å². The van der Waals surface area contributed by atoms with E-state index in [1.165, 1.54) is 11.8 Å². The Morgan fingerprint density at radius 2 is 1.87 bits per heavy atom. The Morgan fingerprint density at radius 3 is 2.61 bits per heavy atom. The smallest absolute Gasteiger partial charge is 0.325 e. The first-order chi connectivity index (χ1) is 14.9. The molecular formula is C21H25Cl2N5O2S. The molecule has 1 aromatic heterocycles. The van der Waals surface area contributed by atoms with Crippen molar-refractivity contribution in [3.8, 4) is 0 Å². The van der Waals surface area contributed by atoms with Gasteiger partial charge in [-0.05, 0) is 50.9 Å². The summed E-state index contributed by atoms with van der Waals surface area (Å²) in [7, 11) is 2.09. The number of likely N-dealkylation sites (N-methyl/N-ethyl adjacent to an activating group) is 1. The van der Waals surface area contributed by atoms with Gasteiger partial charge in [-0.2, -0.15) is 4.98 Å². The van der Waals surface area contributed by atoms with E-state index >= 15 is 0 Å². The highest BCUT2D eigenvalue weighted by Gasteiger charge is 2.25. The number of thioether (sulfide) groups is 1. The zero-order valence-electron chi connectivity index (χ0n) is 17.4. The van der Waals surface area contributed by atoms with Crippen LogP contribution in [0.4, 0.5) is 5.69 Å². The standard InChI is InChI=1S/C21H25Cl2N5O2S/c1-26-8-10-27(11-9-26)28-18-5-3-2-4-15(18)20(25-21(28)30)31-13-19(29)24-14-6-7-16(22)17(23)12-14/h6-7,12H,2-5,8-11,13H2,1H3,(H,24,29). The van der Waals surface area contributed by atoms with Crippen LogP contribution in [-0.4, -0.2) is 59.4 Å². The van der Waals surface area contributed by atoms with Crippen LogP contribution >= 0.6 is 35.0 Å². The van der Waals surface area contributed by atoms with Crippen LogP contribution in [0.5, 0.6) is 0 Å². The Labute approximate surface area is 195 Å². The van der Waals surface area contributed by atoms with Crippen molar-refractivity contribution < 1.29 is 4.79 Å². The van der Waals surface area contributed by atoms with E-state index in [2.05, 4.69) is 27.3 Å². The second-order valence-electron chi connectivity index (χ2n) is 7.87. The lowest BCUT2D eigenvalue weighted by Crippen LogP contribution is -2.54. The van der Waals surface area contributed by atoms with Gasteiger partial charge in [0, 0.05) is 37.4 Å². The lowest BCUT2D eigenvalue weighted by molar-refractivity contribution is -0.113. The second kappa shape index (κ2) is 9.81. The second-order valence-corrected chi connectivity index (χ2v) is 9.64. The highest BCUT2D eigenvalue weighted by Crippen LogP contribution is 2.29. The minimum Gasteiger partial charge on any atom is -0.325 e. The number of halogens is 2. The molecule has 1 aliphatic carbocycles. The van der Waals surface area contributed by atoms with Crippen LogP contribution < -0.4 is 16.0 Å². The Morgan fingerprint density at radius 1 is 1.13 bits per heavy atom. The van der Waals surface area contributed by atoms with Crippen molar-refractivity contribution in [1.82, 2.24) is 14.6 Å². The van der Waals surface area contributed by atoms with Gasteiger partial charge >= 0.3 is 5.69 Å². The first kappa shape index (κ1) is 22.5. The first-order valence-corrected chi connectivity index (χ1v) is 12.1. The van der Waals surface area contributed by atoms with Crippen LogP contribution in [0.3, 0.4) is 0 Å². The summed E-state index contributed by atoms with van der Waals surface area (Å²) in [6.45, 7) is 3.46. The molecular weight excluding hydrogens is 457 g/mol. The fourth-order valence-corrected chi connectivity index (χ4v) is 5.16. The van der Waals surface area contributed by atoms with Gasteiger partial charge in [-0.25, -0.2) is 9.47 Å². The number of hydrogen-bond acceptors (Lipinski definition) is 6. The summed E-state index contributed by atoms with van der Waals surface area (Å²) in [6.07, 6.45) is 3.88. The molecule has 2 heterocycles. The molecule has 2 aliphatic rings. The molecule has 1 fully saturated rings. The topological polar surface area (TPSA) is 70.5 Å². The average molecular weight is 482 g/mol. The summed E-state index contributed by atoms with van der Waals surface area (Å²) in [4.78, 5) is 32.0. The lowest BCUT2D eigenvalue weighted by atomic mass is 9.97. The molecule has 1 aromatic carbocycles. The van der Waals surface area contributed by atoms with Crippen molar-refractivity contribution in [2.45, 2.75) is 30.7 Å². The zero-order chi connectivity index (χ0) is 22.0. The maximum absolute atomic E-state index is 13.0. The summed E-state index contributed by atoms with van der Waals surface area (Å²) in [5, 5.41) is 6.43. The number of rotatable bonds is 5. The normalized spacial score (nSPS) is 16.8. The summed E-state index contributed by atoms with van der Waals surface area (Å²) in [5.74, 6) is -0.0181. The van der Waals surface area contributed by atoms with E-state index in [-0.39, 0.29) is 17.3 Å². The van der Waals surface area contributed by atoms with E-state index in [1.54, 1.807) is 22.9 Å². The molecule has 1 aliphatic heterocycles. The summed E-state index contributed by atoms with van der Waals surface area (Å²) >= 11 is 13.3. The highest BCUT2D eigenvalue weighted by atomic mass is 35.5. The maximum Gasteiger partial charge on any atom is 0.367 e. The Balaban J connectivity index is 1.51. The van der Waals surface area contributed by atoms with Crippen LogP contribution in [0.25, 0.3) is 0 Å². The number of carbonyl (C=O) groups is 1. The molecule has 7 nitrogen and oxygen atoms in total. The fraction of sp³-hybridized carbons (Fsp3) is 0.476. The van der Waals surface area contributed by atoms with E-state index in [4.69, 9.17) is 23.2 Å². The Hall–Kier alpha value is -1.74. The van der Waals surface area contributed by atoms with E-state index in [0.29, 0.717) is 20.8 Å². The molecule has 0 saturated carbocycles. The molecule has 10 heteroatoms. The molecule has 0 atom stereocenters. The number of piperazine rings is 1. The van der Waals surface area contributed by atoms with Crippen LogP contribution in [0.15, 0.2) is 28.0 Å². The molecule has 0 radical (unpaired) electrons. The number of amides is 1. The van der Waals surface area contributed by atoms with Crippen LogP contribution in [0, 0.1) is 0 Å². The lowest BCUT2D eigenvalue weighted by Gasteiger charge is -2.37. The number of carbonyl (C=O) groups excluding carboxylic acids is 1. The van der Waals surface area contributed by atoms with Gasteiger partial charge in [0.2, 0.25) is 5.91 Å². The van der Waals surface area contributed by atoms with Gasteiger partial charge in [0.25, 0.3) is 0 Å². The molecule has 166 valence electrons. The third-order valence-electron chi connectivity index (χ3n) is 5.64. The van der Waals surface area contributed by atoms with Crippen molar-refractivity contribution in [3.05, 3.63) is 50.0 Å². The summed E-state index contributed by atoms with van der Waals surface area (Å²) < 4.78 is 1.79. The van der Waals surface area contributed by atoms with Crippen molar-refractivity contribution in [1.29, 1.82) is 0 Å². The average Bonchev–Trinajstić information content (AvgIpc) is 2.76. The number of benzene rings is 1. The molecule has 1 amide bonds. The number of anilines is 1. The van der Waals surface area contributed by atoms with Gasteiger partial charge in [-0.15, -0.1) is 0 Å². The molecule has 2 aromatic rings. The minimum absolute atomic E-state index is 0.164. The summed E-state index contributed by atoms with van der Waals surface area (Å²) in [5.41, 5.74) is 2.50. The zero-order valence-corrected chi connectivity index (χ0v) is 19.7. The molecule has 1 saturated heterocycles. The number of hydrogen-bond donors (Lipinski definition) is 1. The largest absolute Gasteiger partial charge is 0.367 e. The number of fused-ring (bicyclic) bond motifs is 1.